The number of rotatable bonds is 6. The Morgan fingerprint density at radius 1 is 0.594 bits per heavy atom. The Balaban J connectivity index is 1.56. The average molecular weight is 424 g/mol. The van der Waals surface area contributed by atoms with Crippen molar-refractivity contribution in [3.05, 3.63) is 138 Å². The fourth-order valence-corrected chi connectivity index (χ4v) is 4.15. The van der Waals surface area contributed by atoms with Crippen molar-refractivity contribution in [3.63, 3.8) is 0 Å². The maximum absolute atomic E-state index is 11.8. The van der Waals surface area contributed by atoms with Gasteiger partial charge in [0.1, 0.15) is 18.2 Å². The fraction of sp³-hybridized carbons (Fsp3) is 0.143. The minimum absolute atomic E-state index is 0.465. The molecule has 0 bridgehead atoms. The lowest BCUT2D eigenvalue weighted by molar-refractivity contribution is -0.328. The van der Waals surface area contributed by atoms with E-state index in [1.54, 1.807) is 0 Å². The third-order valence-corrected chi connectivity index (χ3v) is 5.71. The van der Waals surface area contributed by atoms with Gasteiger partial charge in [-0.1, -0.05) is 109 Å². The zero-order valence-electron chi connectivity index (χ0n) is 17.5. The molecule has 1 aliphatic rings. The first kappa shape index (κ1) is 20.5. The van der Waals surface area contributed by atoms with Gasteiger partial charge >= 0.3 is 5.97 Å². The molecule has 0 saturated carbocycles. The molecule has 0 unspecified atom stereocenters. The highest BCUT2D eigenvalue weighted by molar-refractivity contribution is 5.46. The quantitative estimate of drug-likeness (QED) is 0.398. The molecule has 1 heterocycles. The van der Waals surface area contributed by atoms with Gasteiger partial charge in [0.15, 0.2) is 0 Å². The third kappa shape index (κ3) is 4.16. The Hall–Kier alpha value is -3.44. The summed E-state index contributed by atoms with van der Waals surface area (Å²) in [5.41, 5.74) is 3.62. The molecule has 160 valence electrons. The first-order chi connectivity index (χ1) is 15.7. The standard InChI is InChI=1S/C28H25NO3/c30-28(27(23-17-9-3-10-18-23)29-24-19-11-4-12-20-24)31-25(21-13-5-1-6-14-21)26(32-28)22-15-7-2-8-16-22/h1-20,25-27,29-30H/t25-,26-,27-/m1/s1. The topological polar surface area (TPSA) is 50.7 Å². The lowest BCUT2D eigenvalue weighted by atomic mass is 9.99. The van der Waals surface area contributed by atoms with Gasteiger partial charge in [0.25, 0.3) is 0 Å². The highest BCUT2D eigenvalue weighted by atomic mass is 16.9. The van der Waals surface area contributed by atoms with E-state index in [-0.39, 0.29) is 0 Å². The molecule has 1 aliphatic heterocycles. The van der Waals surface area contributed by atoms with Crippen LogP contribution in [0, 0.1) is 0 Å². The van der Waals surface area contributed by atoms with Crippen molar-refractivity contribution in [3.8, 4) is 0 Å². The number of para-hydroxylation sites is 1. The van der Waals surface area contributed by atoms with Gasteiger partial charge in [-0.05, 0) is 28.8 Å². The summed E-state index contributed by atoms with van der Waals surface area (Å²) in [5, 5.41) is 15.2. The van der Waals surface area contributed by atoms with Gasteiger partial charge in [-0.2, -0.15) is 0 Å². The average Bonchev–Trinajstić information content (AvgIpc) is 3.23. The number of hydrogen-bond acceptors (Lipinski definition) is 4. The van der Waals surface area contributed by atoms with E-state index in [4.69, 9.17) is 9.47 Å². The summed E-state index contributed by atoms with van der Waals surface area (Å²) in [5.74, 6) is -1.89. The molecule has 0 aliphatic carbocycles. The van der Waals surface area contributed by atoms with Crippen molar-refractivity contribution in [2.75, 3.05) is 5.32 Å². The van der Waals surface area contributed by atoms with Crippen LogP contribution in [0.4, 0.5) is 5.69 Å². The molecule has 0 radical (unpaired) electrons. The molecule has 4 aromatic carbocycles. The van der Waals surface area contributed by atoms with Crippen molar-refractivity contribution >= 4 is 5.69 Å². The van der Waals surface area contributed by atoms with Crippen LogP contribution in [0.2, 0.25) is 0 Å². The molecule has 32 heavy (non-hydrogen) atoms. The van der Waals surface area contributed by atoms with Crippen LogP contribution in [0.15, 0.2) is 121 Å². The van der Waals surface area contributed by atoms with Crippen molar-refractivity contribution in [1.29, 1.82) is 0 Å². The summed E-state index contributed by atoms with van der Waals surface area (Å²) in [6.45, 7) is 0. The molecule has 0 spiro atoms. The van der Waals surface area contributed by atoms with Crippen LogP contribution < -0.4 is 5.32 Å². The van der Waals surface area contributed by atoms with Crippen LogP contribution >= 0.6 is 0 Å². The molecule has 1 fully saturated rings. The third-order valence-electron chi connectivity index (χ3n) is 5.71. The first-order valence-electron chi connectivity index (χ1n) is 10.8. The molecule has 2 N–H and O–H groups in total. The highest BCUT2D eigenvalue weighted by Gasteiger charge is 2.53. The summed E-state index contributed by atoms with van der Waals surface area (Å²) in [6, 6.07) is 38.7. The maximum Gasteiger partial charge on any atom is 0.307 e. The van der Waals surface area contributed by atoms with E-state index >= 15 is 0 Å². The van der Waals surface area contributed by atoms with Crippen LogP contribution in [0.25, 0.3) is 0 Å². The summed E-state index contributed by atoms with van der Waals surface area (Å²) in [6.07, 6.45) is -0.931. The van der Waals surface area contributed by atoms with Crippen molar-refractivity contribution in [2.24, 2.45) is 0 Å². The fourth-order valence-electron chi connectivity index (χ4n) is 4.15. The monoisotopic (exact) mass is 423 g/mol. The SMILES string of the molecule is OC1([C@H](Nc2ccccc2)c2ccccc2)O[C@H](c2ccccc2)[C@@H](c2ccccc2)O1. The van der Waals surface area contributed by atoms with E-state index in [0.717, 1.165) is 22.4 Å². The van der Waals surface area contributed by atoms with Gasteiger partial charge in [0.05, 0.1) is 0 Å². The normalized spacial score (nSPS) is 20.5. The first-order valence-corrected chi connectivity index (χ1v) is 10.8. The Bertz CT molecular complexity index is 1070. The van der Waals surface area contributed by atoms with E-state index in [9.17, 15) is 5.11 Å². The van der Waals surface area contributed by atoms with Crippen LogP contribution in [-0.4, -0.2) is 11.1 Å². The van der Waals surface area contributed by atoms with Gasteiger partial charge in [0, 0.05) is 5.69 Å². The van der Waals surface area contributed by atoms with E-state index in [1.165, 1.54) is 0 Å². The number of nitrogens with one attached hydrogen (secondary N) is 1. The Labute approximate surface area is 188 Å². The van der Waals surface area contributed by atoms with E-state index in [0.29, 0.717) is 0 Å². The van der Waals surface area contributed by atoms with Gasteiger partial charge in [-0.25, -0.2) is 0 Å². The summed E-state index contributed by atoms with van der Waals surface area (Å²) >= 11 is 0. The second-order valence-corrected chi connectivity index (χ2v) is 7.88. The lowest BCUT2D eigenvalue weighted by Crippen LogP contribution is -2.41. The second-order valence-electron chi connectivity index (χ2n) is 7.88. The molecular weight excluding hydrogens is 398 g/mol. The van der Waals surface area contributed by atoms with Gasteiger partial charge in [-0.15, -0.1) is 0 Å². The largest absolute Gasteiger partial charge is 0.371 e. The van der Waals surface area contributed by atoms with Crippen LogP contribution in [0.3, 0.4) is 0 Å². The van der Waals surface area contributed by atoms with Crippen molar-refractivity contribution < 1.29 is 14.6 Å². The Morgan fingerprint density at radius 3 is 1.47 bits per heavy atom. The molecule has 0 amide bonds. The van der Waals surface area contributed by atoms with Gasteiger partial charge < -0.3 is 19.9 Å². The zero-order chi connectivity index (χ0) is 21.8. The van der Waals surface area contributed by atoms with Crippen LogP contribution in [0.5, 0.6) is 0 Å². The van der Waals surface area contributed by atoms with Gasteiger partial charge in [0.2, 0.25) is 0 Å². The molecule has 3 atom stereocenters. The highest BCUT2D eigenvalue weighted by Crippen LogP contribution is 2.50. The van der Waals surface area contributed by atoms with E-state index in [1.807, 2.05) is 121 Å². The maximum atomic E-state index is 11.8. The Kier molecular flexibility index (Phi) is 5.73. The van der Waals surface area contributed by atoms with E-state index in [2.05, 4.69) is 5.32 Å². The molecule has 1 saturated heterocycles. The summed E-state index contributed by atoms with van der Waals surface area (Å²) in [4.78, 5) is 0. The summed E-state index contributed by atoms with van der Waals surface area (Å²) < 4.78 is 12.7. The van der Waals surface area contributed by atoms with Crippen LogP contribution in [0.1, 0.15) is 34.9 Å². The molecule has 4 aromatic rings. The van der Waals surface area contributed by atoms with E-state index < -0.39 is 24.2 Å². The molecule has 0 aromatic heterocycles. The molecule has 4 heteroatoms. The van der Waals surface area contributed by atoms with Crippen molar-refractivity contribution in [2.45, 2.75) is 24.2 Å². The van der Waals surface area contributed by atoms with Gasteiger partial charge in [-0.3, -0.25) is 0 Å². The smallest absolute Gasteiger partial charge is 0.307 e. The number of anilines is 1. The lowest BCUT2D eigenvalue weighted by Gasteiger charge is -2.32. The summed E-state index contributed by atoms with van der Waals surface area (Å²) in [7, 11) is 0. The minimum Gasteiger partial charge on any atom is -0.371 e. The minimum atomic E-state index is -1.89. The number of aliphatic hydroxyl groups is 1. The predicted octanol–water partition coefficient (Wildman–Crippen LogP) is 6.02. The second kappa shape index (κ2) is 8.97. The molecule has 5 rings (SSSR count). The predicted molar refractivity (Wildman–Crippen MR) is 125 cm³/mol. The van der Waals surface area contributed by atoms with Crippen LogP contribution in [-0.2, 0) is 9.47 Å². The zero-order valence-corrected chi connectivity index (χ0v) is 17.5. The molecular formula is C28H25NO3. The Morgan fingerprint density at radius 2 is 1.00 bits per heavy atom. The molecule has 4 nitrogen and oxygen atoms in total. The number of ether oxygens (including phenoxy) is 2. The van der Waals surface area contributed by atoms with Crippen molar-refractivity contribution in [1.82, 2.24) is 0 Å². The number of benzene rings is 4. The number of hydrogen-bond donors (Lipinski definition) is 2.